The van der Waals surface area contributed by atoms with Gasteiger partial charge in [-0.15, -0.1) is 0 Å². The first-order valence-electron chi connectivity index (χ1n) is 3.19. The summed E-state index contributed by atoms with van der Waals surface area (Å²) in [5.41, 5.74) is 8.91. The highest BCUT2D eigenvalue weighted by Gasteiger charge is 1.98. The van der Waals surface area contributed by atoms with Gasteiger partial charge in [0.2, 0.25) is 0 Å². The van der Waals surface area contributed by atoms with Crippen LogP contribution in [0.15, 0.2) is 27.8 Å². The second kappa shape index (κ2) is 4.36. The van der Waals surface area contributed by atoms with Crippen molar-refractivity contribution in [1.29, 1.82) is 0 Å². The minimum atomic E-state index is 0.294. The second-order valence-electron chi connectivity index (χ2n) is 2.12. The van der Waals surface area contributed by atoms with Gasteiger partial charge in [0.25, 0.3) is 0 Å². The van der Waals surface area contributed by atoms with Crippen LogP contribution in [0.25, 0.3) is 10.4 Å². The van der Waals surface area contributed by atoms with E-state index in [-0.39, 0.29) is 0 Å². The molecule has 3 nitrogen and oxygen atoms in total. The summed E-state index contributed by atoms with van der Waals surface area (Å²) >= 11 is 9.13. The van der Waals surface area contributed by atoms with Gasteiger partial charge in [0, 0.05) is 14.4 Å². The summed E-state index contributed by atoms with van der Waals surface area (Å²) < 4.78 is 0.914. The zero-order valence-corrected chi connectivity index (χ0v) is 8.38. The Morgan fingerprint density at radius 3 is 2.92 bits per heavy atom. The second-order valence-corrected chi connectivity index (χ2v) is 3.45. The molecule has 1 rings (SSSR count). The molecule has 0 bridgehead atoms. The Balaban J connectivity index is 2.93. The van der Waals surface area contributed by atoms with E-state index in [1.807, 2.05) is 12.1 Å². The van der Waals surface area contributed by atoms with E-state index in [2.05, 4.69) is 26.0 Å². The number of benzene rings is 1. The standard InChI is InChI=1S/C7H5BrClN3/c8-6-2-1-5(4-11-12-10)7(9)3-6/h1-3H,4H2. The van der Waals surface area contributed by atoms with Gasteiger partial charge in [-0.05, 0) is 23.2 Å². The summed E-state index contributed by atoms with van der Waals surface area (Å²) in [6.45, 7) is 0.294. The smallest absolute Gasteiger partial charge is 0.0525 e. The molecule has 0 aliphatic carbocycles. The molecular formula is C7H5BrClN3. The molecule has 0 aliphatic rings. The Labute approximate surface area is 83.1 Å². The lowest BCUT2D eigenvalue weighted by molar-refractivity contribution is 1.05. The zero-order chi connectivity index (χ0) is 8.97. The topological polar surface area (TPSA) is 48.8 Å². The van der Waals surface area contributed by atoms with Crippen LogP contribution < -0.4 is 0 Å². The first-order chi connectivity index (χ1) is 5.74. The van der Waals surface area contributed by atoms with Crippen LogP contribution in [0, 0.1) is 0 Å². The van der Waals surface area contributed by atoms with Crippen LogP contribution in [0.2, 0.25) is 5.02 Å². The van der Waals surface area contributed by atoms with Gasteiger partial charge < -0.3 is 0 Å². The van der Waals surface area contributed by atoms with Crippen molar-refractivity contribution in [2.45, 2.75) is 6.54 Å². The molecule has 0 saturated carbocycles. The van der Waals surface area contributed by atoms with Crippen molar-refractivity contribution in [3.63, 3.8) is 0 Å². The molecule has 0 spiro atoms. The van der Waals surface area contributed by atoms with E-state index < -0.39 is 0 Å². The summed E-state index contributed by atoms with van der Waals surface area (Å²) in [4.78, 5) is 2.65. The summed E-state index contributed by atoms with van der Waals surface area (Å²) in [6, 6.07) is 5.44. The van der Waals surface area contributed by atoms with Crippen molar-refractivity contribution >= 4 is 27.5 Å². The molecular weight excluding hydrogens is 241 g/mol. The van der Waals surface area contributed by atoms with E-state index in [9.17, 15) is 0 Å². The van der Waals surface area contributed by atoms with Crippen molar-refractivity contribution in [1.82, 2.24) is 0 Å². The van der Waals surface area contributed by atoms with Crippen LogP contribution in [0.3, 0.4) is 0 Å². The number of rotatable bonds is 2. The fourth-order valence-electron chi connectivity index (χ4n) is 0.758. The molecule has 5 heteroatoms. The lowest BCUT2D eigenvalue weighted by Gasteiger charge is -1.99. The monoisotopic (exact) mass is 245 g/mol. The van der Waals surface area contributed by atoms with E-state index in [1.54, 1.807) is 6.07 Å². The van der Waals surface area contributed by atoms with Gasteiger partial charge in [-0.1, -0.05) is 38.7 Å². The molecule has 0 saturated heterocycles. The number of hydrogen-bond donors (Lipinski definition) is 0. The Morgan fingerprint density at radius 2 is 2.33 bits per heavy atom. The maximum atomic E-state index is 8.08. The predicted octanol–water partition coefficient (Wildman–Crippen LogP) is 3.91. The number of hydrogen-bond acceptors (Lipinski definition) is 1. The molecule has 0 aromatic heterocycles. The van der Waals surface area contributed by atoms with Crippen LogP contribution in [-0.4, -0.2) is 0 Å². The predicted molar refractivity (Wildman–Crippen MR) is 52.0 cm³/mol. The Hall–Kier alpha value is -0.700. The van der Waals surface area contributed by atoms with Crippen LogP contribution >= 0.6 is 27.5 Å². The molecule has 1 aromatic rings. The molecule has 0 unspecified atom stereocenters. The third kappa shape index (κ3) is 2.41. The third-order valence-corrected chi connectivity index (χ3v) is 2.16. The van der Waals surface area contributed by atoms with E-state index in [1.165, 1.54) is 0 Å². The number of nitrogens with zero attached hydrogens (tertiary/aromatic N) is 3. The highest BCUT2D eigenvalue weighted by molar-refractivity contribution is 9.10. The largest absolute Gasteiger partial charge is 0.0892 e. The van der Waals surface area contributed by atoms with Gasteiger partial charge in [-0.3, -0.25) is 0 Å². The van der Waals surface area contributed by atoms with E-state index in [4.69, 9.17) is 17.1 Å². The van der Waals surface area contributed by atoms with Crippen LogP contribution in [0.5, 0.6) is 0 Å². The molecule has 0 radical (unpaired) electrons. The SMILES string of the molecule is [N-]=[N+]=NCc1ccc(Br)cc1Cl. The molecule has 0 atom stereocenters. The molecule has 12 heavy (non-hydrogen) atoms. The first kappa shape index (κ1) is 9.39. The number of azide groups is 1. The average molecular weight is 246 g/mol. The van der Waals surface area contributed by atoms with Crippen molar-refractivity contribution in [3.05, 3.63) is 43.7 Å². The maximum absolute atomic E-state index is 8.08. The molecule has 0 heterocycles. The Bertz CT molecular complexity index is 333. The van der Waals surface area contributed by atoms with Gasteiger partial charge >= 0.3 is 0 Å². The lowest BCUT2D eigenvalue weighted by atomic mass is 10.2. The van der Waals surface area contributed by atoms with Gasteiger partial charge in [0.1, 0.15) is 0 Å². The number of halogens is 2. The van der Waals surface area contributed by atoms with Gasteiger partial charge in [-0.25, -0.2) is 0 Å². The summed E-state index contributed by atoms with van der Waals surface area (Å²) in [6.07, 6.45) is 0. The highest BCUT2D eigenvalue weighted by Crippen LogP contribution is 2.21. The minimum Gasteiger partial charge on any atom is -0.0892 e. The highest BCUT2D eigenvalue weighted by atomic mass is 79.9. The first-order valence-corrected chi connectivity index (χ1v) is 4.36. The van der Waals surface area contributed by atoms with Crippen LogP contribution in [0.4, 0.5) is 0 Å². The minimum absolute atomic E-state index is 0.294. The van der Waals surface area contributed by atoms with Gasteiger partial charge in [0.05, 0.1) is 6.54 Å². The summed E-state index contributed by atoms with van der Waals surface area (Å²) in [7, 11) is 0. The lowest BCUT2D eigenvalue weighted by Crippen LogP contribution is -1.81. The van der Waals surface area contributed by atoms with E-state index in [0.29, 0.717) is 11.6 Å². The van der Waals surface area contributed by atoms with Gasteiger partial charge in [0.15, 0.2) is 0 Å². The van der Waals surface area contributed by atoms with Crippen LogP contribution in [0.1, 0.15) is 5.56 Å². The van der Waals surface area contributed by atoms with Crippen molar-refractivity contribution in [2.75, 3.05) is 0 Å². The molecule has 1 aromatic carbocycles. The van der Waals surface area contributed by atoms with E-state index in [0.717, 1.165) is 10.0 Å². The molecule has 0 N–H and O–H groups in total. The Kier molecular flexibility index (Phi) is 3.41. The third-order valence-electron chi connectivity index (χ3n) is 1.32. The van der Waals surface area contributed by atoms with Crippen molar-refractivity contribution in [2.24, 2.45) is 5.11 Å². The normalized spacial score (nSPS) is 9.17. The van der Waals surface area contributed by atoms with Crippen molar-refractivity contribution < 1.29 is 0 Å². The van der Waals surface area contributed by atoms with Crippen LogP contribution in [-0.2, 0) is 6.54 Å². The van der Waals surface area contributed by atoms with E-state index >= 15 is 0 Å². The maximum Gasteiger partial charge on any atom is 0.0525 e. The van der Waals surface area contributed by atoms with Crippen molar-refractivity contribution in [3.8, 4) is 0 Å². The molecule has 0 fully saturated rings. The average Bonchev–Trinajstić information content (AvgIpc) is 2.03. The fourth-order valence-corrected chi connectivity index (χ4v) is 1.49. The van der Waals surface area contributed by atoms with Gasteiger partial charge in [-0.2, -0.15) is 0 Å². The molecule has 0 aliphatic heterocycles. The zero-order valence-electron chi connectivity index (χ0n) is 6.04. The summed E-state index contributed by atoms with van der Waals surface area (Å²) in [5, 5.41) is 4.02. The molecule has 0 amide bonds. The summed E-state index contributed by atoms with van der Waals surface area (Å²) in [5.74, 6) is 0. The fraction of sp³-hybridized carbons (Fsp3) is 0.143. The Morgan fingerprint density at radius 1 is 1.58 bits per heavy atom. The quantitative estimate of drug-likeness (QED) is 0.431. The molecule has 62 valence electrons.